The normalized spacial score (nSPS) is 21.3. The lowest BCUT2D eigenvalue weighted by molar-refractivity contribution is -0.384. The van der Waals surface area contributed by atoms with Crippen LogP contribution in [0.5, 0.6) is 0 Å². The largest absolute Gasteiger partial charge is 0.480 e. The number of hydrogen-bond donors (Lipinski definition) is 3. The van der Waals surface area contributed by atoms with Crippen molar-refractivity contribution in [2.24, 2.45) is 17.6 Å². The third-order valence-corrected chi connectivity index (χ3v) is 4.75. The number of carbonyl (C=O) groups is 2. The third-order valence-electron chi connectivity index (χ3n) is 4.75. The van der Waals surface area contributed by atoms with Gasteiger partial charge in [-0.25, -0.2) is 4.79 Å². The van der Waals surface area contributed by atoms with Crippen LogP contribution in [0.15, 0.2) is 24.3 Å². The van der Waals surface area contributed by atoms with Gasteiger partial charge < -0.3 is 16.2 Å². The van der Waals surface area contributed by atoms with Crippen molar-refractivity contribution in [2.75, 3.05) is 6.54 Å². The number of aliphatic carboxylic acids is 1. The van der Waals surface area contributed by atoms with Crippen molar-refractivity contribution in [1.82, 2.24) is 5.32 Å². The molecular weight excluding hydrogens is 326 g/mol. The van der Waals surface area contributed by atoms with Crippen LogP contribution in [0, 0.1) is 22.0 Å². The molecule has 1 aliphatic carbocycles. The summed E-state index contributed by atoms with van der Waals surface area (Å²) in [6.07, 6.45) is 3.29. The van der Waals surface area contributed by atoms with Gasteiger partial charge in [0.05, 0.1) is 4.92 Å². The highest BCUT2D eigenvalue weighted by Crippen LogP contribution is 2.28. The van der Waals surface area contributed by atoms with Crippen molar-refractivity contribution < 1.29 is 19.6 Å². The molecule has 1 aromatic rings. The number of benzene rings is 1. The Bertz CT molecular complexity index is 624. The van der Waals surface area contributed by atoms with Gasteiger partial charge in [0.15, 0.2) is 0 Å². The van der Waals surface area contributed by atoms with Crippen molar-refractivity contribution >= 4 is 17.6 Å². The van der Waals surface area contributed by atoms with Crippen LogP contribution in [0.4, 0.5) is 5.69 Å². The first-order chi connectivity index (χ1) is 11.9. The highest BCUT2D eigenvalue weighted by atomic mass is 16.6. The van der Waals surface area contributed by atoms with E-state index in [9.17, 15) is 24.8 Å². The molecule has 4 N–H and O–H groups in total. The topological polar surface area (TPSA) is 136 Å². The minimum atomic E-state index is -1.12. The van der Waals surface area contributed by atoms with Gasteiger partial charge in [-0.15, -0.1) is 0 Å². The molecule has 0 aromatic heterocycles. The molecule has 0 aliphatic heterocycles. The Labute approximate surface area is 145 Å². The number of nitro benzene ring substituents is 1. The fourth-order valence-corrected chi connectivity index (χ4v) is 3.14. The molecule has 0 bridgehead atoms. The second-order valence-corrected chi connectivity index (χ2v) is 6.48. The Morgan fingerprint density at radius 2 is 1.84 bits per heavy atom. The van der Waals surface area contributed by atoms with Crippen molar-refractivity contribution in [3.05, 3.63) is 39.9 Å². The summed E-state index contributed by atoms with van der Waals surface area (Å²) in [5, 5.41) is 22.6. The van der Waals surface area contributed by atoms with Crippen molar-refractivity contribution in [1.29, 1.82) is 0 Å². The standard InChI is InChI=1S/C17H23N3O5/c18-10-12-1-5-13(6-2-12)16(21)19-15(17(22)23)9-11-3-7-14(8-4-11)20(24)25/h3-4,7-8,12-13,15H,1-2,5-6,9-10,18H2,(H,19,21)(H,22,23)/t12?,13?,15-/m0/s1. The van der Waals surface area contributed by atoms with E-state index in [0.717, 1.165) is 25.7 Å². The summed E-state index contributed by atoms with van der Waals surface area (Å²) in [5.74, 6) is -1.10. The van der Waals surface area contributed by atoms with Crippen LogP contribution in [0.3, 0.4) is 0 Å². The van der Waals surface area contributed by atoms with E-state index in [2.05, 4.69) is 5.32 Å². The van der Waals surface area contributed by atoms with Gasteiger partial charge >= 0.3 is 5.97 Å². The lowest BCUT2D eigenvalue weighted by Crippen LogP contribution is -2.45. The van der Waals surface area contributed by atoms with Crippen LogP contribution in [0.2, 0.25) is 0 Å². The molecule has 1 saturated carbocycles. The smallest absolute Gasteiger partial charge is 0.326 e. The van der Waals surface area contributed by atoms with Crippen LogP contribution in [-0.2, 0) is 16.0 Å². The van der Waals surface area contributed by atoms with E-state index >= 15 is 0 Å². The number of carboxylic acid groups (broad SMARTS) is 1. The number of nitrogens with zero attached hydrogens (tertiary/aromatic N) is 1. The molecule has 0 heterocycles. The maximum atomic E-state index is 12.3. The van der Waals surface area contributed by atoms with Gasteiger partial charge in [0, 0.05) is 24.5 Å². The Hall–Kier alpha value is -2.48. The maximum Gasteiger partial charge on any atom is 0.326 e. The molecule has 1 atom stereocenters. The van der Waals surface area contributed by atoms with E-state index in [4.69, 9.17) is 5.73 Å². The lowest BCUT2D eigenvalue weighted by Gasteiger charge is -2.27. The zero-order valence-corrected chi connectivity index (χ0v) is 13.9. The number of hydrogen-bond acceptors (Lipinski definition) is 5. The summed E-state index contributed by atoms with van der Waals surface area (Å²) in [7, 11) is 0. The first kappa shape index (κ1) is 18.9. The molecule has 8 heteroatoms. The number of non-ortho nitro benzene ring substituents is 1. The average molecular weight is 349 g/mol. The minimum absolute atomic E-state index is 0.0590. The van der Waals surface area contributed by atoms with Crippen molar-refractivity contribution in [3.8, 4) is 0 Å². The predicted molar refractivity (Wildman–Crippen MR) is 90.9 cm³/mol. The zero-order chi connectivity index (χ0) is 18.4. The van der Waals surface area contributed by atoms with E-state index in [-0.39, 0.29) is 23.9 Å². The molecule has 136 valence electrons. The summed E-state index contributed by atoms with van der Waals surface area (Å²) in [5.41, 5.74) is 6.20. The van der Waals surface area contributed by atoms with Gasteiger partial charge in [-0.3, -0.25) is 14.9 Å². The van der Waals surface area contributed by atoms with E-state index in [1.165, 1.54) is 24.3 Å². The summed E-state index contributed by atoms with van der Waals surface area (Å²) in [6, 6.07) is 4.61. The summed E-state index contributed by atoms with van der Waals surface area (Å²) >= 11 is 0. The first-order valence-corrected chi connectivity index (χ1v) is 8.37. The van der Waals surface area contributed by atoms with Crippen LogP contribution in [-0.4, -0.2) is 34.5 Å². The fourth-order valence-electron chi connectivity index (χ4n) is 3.14. The number of carbonyl (C=O) groups excluding carboxylic acids is 1. The van der Waals surface area contributed by atoms with Crippen LogP contribution in [0.25, 0.3) is 0 Å². The fraction of sp³-hybridized carbons (Fsp3) is 0.529. The van der Waals surface area contributed by atoms with E-state index in [1.807, 2.05) is 0 Å². The highest BCUT2D eigenvalue weighted by Gasteiger charge is 2.29. The quantitative estimate of drug-likeness (QED) is 0.504. The van der Waals surface area contributed by atoms with Crippen LogP contribution < -0.4 is 11.1 Å². The van der Waals surface area contributed by atoms with Gasteiger partial charge in [0.1, 0.15) is 6.04 Å². The first-order valence-electron chi connectivity index (χ1n) is 8.37. The van der Waals surface area contributed by atoms with Gasteiger partial charge in [-0.2, -0.15) is 0 Å². The summed E-state index contributed by atoms with van der Waals surface area (Å²) in [6.45, 7) is 0.617. The molecular formula is C17H23N3O5. The van der Waals surface area contributed by atoms with E-state index in [0.29, 0.717) is 18.0 Å². The molecule has 0 unspecified atom stereocenters. The summed E-state index contributed by atoms with van der Waals surface area (Å²) < 4.78 is 0. The molecule has 1 aromatic carbocycles. The number of amides is 1. The second kappa shape index (κ2) is 8.57. The molecule has 0 spiro atoms. The second-order valence-electron chi connectivity index (χ2n) is 6.48. The highest BCUT2D eigenvalue weighted by molar-refractivity contribution is 5.85. The Morgan fingerprint density at radius 1 is 1.24 bits per heavy atom. The van der Waals surface area contributed by atoms with Crippen LogP contribution >= 0.6 is 0 Å². The Balaban J connectivity index is 1.95. The zero-order valence-electron chi connectivity index (χ0n) is 13.9. The monoisotopic (exact) mass is 349 g/mol. The van der Waals surface area contributed by atoms with E-state index < -0.39 is 16.9 Å². The van der Waals surface area contributed by atoms with Gasteiger partial charge in [0.2, 0.25) is 5.91 Å². The molecule has 0 saturated heterocycles. The van der Waals surface area contributed by atoms with Gasteiger partial charge in [-0.05, 0) is 43.7 Å². The number of carboxylic acids is 1. The predicted octanol–water partition coefficient (Wildman–Crippen LogP) is 1.47. The molecule has 8 nitrogen and oxygen atoms in total. The lowest BCUT2D eigenvalue weighted by atomic mass is 9.81. The maximum absolute atomic E-state index is 12.3. The van der Waals surface area contributed by atoms with Crippen molar-refractivity contribution in [2.45, 2.75) is 38.1 Å². The average Bonchev–Trinajstić information content (AvgIpc) is 2.61. The SMILES string of the molecule is NCC1CCC(C(=O)N[C@@H](Cc2ccc([N+](=O)[O-])cc2)C(=O)O)CC1. The van der Waals surface area contributed by atoms with Gasteiger partial charge in [-0.1, -0.05) is 12.1 Å². The third kappa shape index (κ3) is 5.25. The molecule has 1 aliphatic rings. The van der Waals surface area contributed by atoms with Gasteiger partial charge in [0.25, 0.3) is 5.69 Å². The summed E-state index contributed by atoms with van der Waals surface area (Å²) in [4.78, 5) is 33.9. The molecule has 2 rings (SSSR count). The minimum Gasteiger partial charge on any atom is -0.480 e. The Morgan fingerprint density at radius 3 is 2.32 bits per heavy atom. The van der Waals surface area contributed by atoms with Crippen molar-refractivity contribution in [3.63, 3.8) is 0 Å². The molecule has 1 amide bonds. The molecule has 1 fully saturated rings. The Kier molecular flexibility index (Phi) is 6.46. The van der Waals surface area contributed by atoms with Crippen LogP contribution in [0.1, 0.15) is 31.2 Å². The number of nitro groups is 1. The van der Waals surface area contributed by atoms with E-state index in [1.54, 1.807) is 0 Å². The number of nitrogens with one attached hydrogen (secondary N) is 1. The number of rotatable bonds is 7. The molecule has 0 radical (unpaired) electrons. The molecule has 25 heavy (non-hydrogen) atoms. The number of nitrogens with two attached hydrogens (primary N) is 1.